The van der Waals surface area contributed by atoms with Gasteiger partial charge in [-0.2, -0.15) is 0 Å². The molecule has 0 unspecified atom stereocenters. The summed E-state index contributed by atoms with van der Waals surface area (Å²) in [5.74, 6) is 0. The standard InChI is InChI=1S/C17H28N2/c1-6-11-19(17(3,4)5)14-16-10-8-9-15(12-16)13-18-7-2/h6,8-10,12,18H,1,7,11,13-14H2,2-5H3. The van der Waals surface area contributed by atoms with Gasteiger partial charge in [-0.1, -0.05) is 37.3 Å². The molecule has 1 N–H and O–H groups in total. The van der Waals surface area contributed by atoms with E-state index in [9.17, 15) is 0 Å². The Balaban J connectivity index is 2.76. The first kappa shape index (κ1) is 15.9. The quantitative estimate of drug-likeness (QED) is 0.754. The van der Waals surface area contributed by atoms with E-state index in [2.05, 4.69) is 68.8 Å². The highest BCUT2D eigenvalue weighted by Crippen LogP contribution is 2.17. The number of hydrogen-bond donors (Lipinski definition) is 1. The molecule has 0 fully saturated rings. The average molecular weight is 260 g/mol. The maximum atomic E-state index is 3.86. The van der Waals surface area contributed by atoms with E-state index in [4.69, 9.17) is 0 Å². The minimum absolute atomic E-state index is 0.159. The molecule has 106 valence electrons. The summed E-state index contributed by atoms with van der Waals surface area (Å²) in [5, 5.41) is 3.37. The average Bonchev–Trinajstić information content (AvgIpc) is 2.35. The summed E-state index contributed by atoms with van der Waals surface area (Å²) in [6.45, 7) is 16.6. The van der Waals surface area contributed by atoms with Crippen molar-refractivity contribution >= 4 is 0 Å². The highest BCUT2D eigenvalue weighted by molar-refractivity contribution is 5.23. The van der Waals surface area contributed by atoms with Gasteiger partial charge in [0.2, 0.25) is 0 Å². The first-order valence-electron chi connectivity index (χ1n) is 7.12. The Labute approximate surface area is 118 Å². The predicted molar refractivity (Wildman–Crippen MR) is 84.2 cm³/mol. The van der Waals surface area contributed by atoms with Gasteiger partial charge < -0.3 is 5.32 Å². The molecule has 0 amide bonds. The molecule has 0 saturated heterocycles. The van der Waals surface area contributed by atoms with E-state index in [1.165, 1.54) is 11.1 Å². The van der Waals surface area contributed by atoms with Crippen molar-refractivity contribution in [1.82, 2.24) is 10.2 Å². The number of hydrogen-bond acceptors (Lipinski definition) is 2. The van der Waals surface area contributed by atoms with Crippen LogP contribution < -0.4 is 5.32 Å². The van der Waals surface area contributed by atoms with Gasteiger partial charge in [-0.15, -0.1) is 6.58 Å². The van der Waals surface area contributed by atoms with E-state index in [-0.39, 0.29) is 5.54 Å². The van der Waals surface area contributed by atoms with E-state index < -0.39 is 0 Å². The summed E-state index contributed by atoms with van der Waals surface area (Å²) < 4.78 is 0. The molecule has 0 bridgehead atoms. The lowest BCUT2D eigenvalue weighted by atomic mass is 10.0. The highest BCUT2D eigenvalue weighted by atomic mass is 15.2. The summed E-state index contributed by atoms with van der Waals surface area (Å²) >= 11 is 0. The summed E-state index contributed by atoms with van der Waals surface area (Å²) in [6.07, 6.45) is 1.98. The van der Waals surface area contributed by atoms with Gasteiger partial charge in [0.1, 0.15) is 0 Å². The second kappa shape index (κ2) is 7.46. The van der Waals surface area contributed by atoms with Gasteiger partial charge in [-0.25, -0.2) is 0 Å². The fraction of sp³-hybridized carbons (Fsp3) is 0.529. The normalized spacial score (nSPS) is 11.8. The van der Waals surface area contributed by atoms with Crippen molar-refractivity contribution in [2.45, 2.75) is 46.3 Å². The minimum atomic E-state index is 0.159. The van der Waals surface area contributed by atoms with E-state index in [1.54, 1.807) is 0 Å². The Morgan fingerprint density at radius 3 is 2.53 bits per heavy atom. The third-order valence-electron chi connectivity index (χ3n) is 3.24. The molecule has 1 aromatic rings. The van der Waals surface area contributed by atoms with Crippen LogP contribution in [0.3, 0.4) is 0 Å². The zero-order valence-corrected chi connectivity index (χ0v) is 12.9. The lowest BCUT2D eigenvalue weighted by molar-refractivity contribution is 0.145. The first-order valence-corrected chi connectivity index (χ1v) is 7.12. The second-order valence-corrected chi connectivity index (χ2v) is 5.94. The van der Waals surface area contributed by atoms with Crippen LogP contribution in [0.25, 0.3) is 0 Å². The fourth-order valence-electron chi connectivity index (χ4n) is 2.06. The van der Waals surface area contributed by atoms with Crippen molar-refractivity contribution in [2.24, 2.45) is 0 Å². The van der Waals surface area contributed by atoms with Crippen LogP contribution in [0.5, 0.6) is 0 Å². The van der Waals surface area contributed by atoms with Gasteiger partial charge in [0.15, 0.2) is 0 Å². The largest absolute Gasteiger partial charge is 0.313 e. The summed E-state index contributed by atoms with van der Waals surface area (Å²) in [6, 6.07) is 8.83. The zero-order chi connectivity index (χ0) is 14.3. The van der Waals surface area contributed by atoms with E-state index >= 15 is 0 Å². The van der Waals surface area contributed by atoms with Crippen LogP contribution in [-0.2, 0) is 13.1 Å². The van der Waals surface area contributed by atoms with E-state index in [0.29, 0.717) is 0 Å². The smallest absolute Gasteiger partial charge is 0.0242 e. The van der Waals surface area contributed by atoms with Crippen LogP contribution >= 0.6 is 0 Å². The molecule has 0 heterocycles. The molecule has 0 spiro atoms. The van der Waals surface area contributed by atoms with Gasteiger partial charge in [-0.3, -0.25) is 4.90 Å². The van der Waals surface area contributed by atoms with Gasteiger partial charge in [0.25, 0.3) is 0 Å². The molecule has 0 saturated carbocycles. The predicted octanol–water partition coefficient (Wildman–Crippen LogP) is 3.58. The van der Waals surface area contributed by atoms with Gasteiger partial charge in [0.05, 0.1) is 0 Å². The van der Waals surface area contributed by atoms with Crippen molar-refractivity contribution in [3.8, 4) is 0 Å². The van der Waals surface area contributed by atoms with Crippen molar-refractivity contribution < 1.29 is 0 Å². The summed E-state index contributed by atoms with van der Waals surface area (Å²) in [7, 11) is 0. The minimum Gasteiger partial charge on any atom is -0.313 e. The van der Waals surface area contributed by atoms with Crippen LogP contribution in [0.1, 0.15) is 38.8 Å². The van der Waals surface area contributed by atoms with Crippen molar-refractivity contribution in [2.75, 3.05) is 13.1 Å². The fourth-order valence-corrected chi connectivity index (χ4v) is 2.06. The molecule has 0 radical (unpaired) electrons. The molecule has 0 aliphatic heterocycles. The number of nitrogens with one attached hydrogen (secondary N) is 1. The lowest BCUT2D eigenvalue weighted by Gasteiger charge is -2.35. The topological polar surface area (TPSA) is 15.3 Å². The molecule has 19 heavy (non-hydrogen) atoms. The first-order chi connectivity index (χ1) is 8.97. The monoisotopic (exact) mass is 260 g/mol. The van der Waals surface area contributed by atoms with Crippen LogP contribution in [0.2, 0.25) is 0 Å². The van der Waals surface area contributed by atoms with Crippen LogP contribution in [0.4, 0.5) is 0 Å². The van der Waals surface area contributed by atoms with Crippen molar-refractivity contribution in [1.29, 1.82) is 0 Å². The van der Waals surface area contributed by atoms with Crippen LogP contribution in [0, 0.1) is 0 Å². The third kappa shape index (κ3) is 5.58. The van der Waals surface area contributed by atoms with Crippen LogP contribution in [0.15, 0.2) is 36.9 Å². The van der Waals surface area contributed by atoms with Crippen molar-refractivity contribution in [3.63, 3.8) is 0 Å². The highest BCUT2D eigenvalue weighted by Gasteiger charge is 2.19. The van der Waals surface area contributed by atoms with Gasteiger partial charge in [0, 0.05) is 25.2 Å². The third-order valence-corrected chi connectivity index (χ3v) is 3.24. The van der Waals surface area contributed by atoms with Crippen molar-refractivity contribution in [3.05, 3.63) is 48.0 Å². The SMILES string of the molecule is C=CCN(Cc1cccc(CNCC)c1)C(C)(C)C. The summed E-state index contributed by atoms with van der Waals surface area (Å²) in [4.78, 5) is 2.44. The molecule has 0 aliphatic carbocycles. The Morgan fingerprint density at radius 2 is 1.95 bits per heavy atom. The molecule has 2 nitrogen and oxygen atoms in total. The van der Waals surface area contributed by atoms with Gasteiger partial charge >= 0.3 is 0 Å². The molecule has 0 aliphatic rings. The summed E-state index contributed by atoms with van der Waals surface area (Å²) in [5.41, 5.74) is 2.88. The molecular formula is C17H28N2. The maximum Gasteiger partial charge on any atom is 0.0242 e. The Hall–Kier alpha value is -1.12. The van der Waals surface area contributed by atoms with Crippen LogP contribution in [-0.4, -0.2) is 23.5 Å². The second-order valence-electron chi connectivity index (χ2n) is 5.94. The number of rotatable bonds is 7. The Bertz CT molecular complexity index is 390. The van der Waals surface area contributed by atoms with E-state index in [1.807, 2.05) is 6.08 Å². The molecule has 1 rings (SSSR count). The molecule has 2 heteroatoms. The molecule has 0 atom stereocenters. The van der Waals surface area contributed by atoms with Gasteiger partial charge in [-0.05, 0) is 38.4 Å². The Morgan fingerprint density at radius 1 is 1.26 bits per heavy atom. The lowest BCUT2D eigenvalue weighted by Crippen LogP contribution is -2.40. The number of benzene rings is 1. The molecular weight excluding hydrogens is 232 g/mol. The van der Waals surface area contributed by atoms with E-state index in [0.717, 1.165) is 26.2 Å². The Kier molecular flexibility index (Phi) is 6.26. The maximum absolute atomic E-state index is 3.86. The molecule has 0 aromatic heterocycles. The zero-order valence-electron chi connectivity index (χ0n) is 12.9. The number of nitrogens with zero attached hydrogens (tertiary/aromatic N) is 1. The molecule has 1 aromatic carbocycles.